The topological polar surface area (TPSA) is 68.6 Å². The zero-order chi connectivity index (χ0) is 24.3. The number of hydrogen-bond acceptors (Lipinski definition) is 5. The van der Waals surface area contributed by atoms with Crippen molar-refractivity contribution in [1.29, 1.82) is 5.26 Å². The van der Waals surface area contributed by atoms with Gasteiger partial charge in [-0.3, -0.25) is 4.79 Å². The first-order valence-corrected chi connectivity index (χ1v) is 12.8. The van der Waals surface area contributed by atoms with Crippen molar-refractivity contribution in [2.75, 3.05) is 13.2 Å². The number of carbonyl (C=O) groups excluding carboxylic acids is 1. The fourth-order valence-electron chi connectivity index (χ4n) is 4.90. The standard InChI is InChI=1S/C27H37F2NO4/c1-2-3-4-5-14-32-21-10-6-19(7-11-21)18-33-22-12-8-20(9-13-22)27(31)34-23-15-25(28)24(17-30)26(29)16-23/h15-16,19-22H,2-14,18H2,1H3. The van der Waals surface area contributed by atoms with Crippen molar-refractivity contribution in [3.8, 4) is 11.8 Å². The third-order valence-electron chi connectivity index (χ3n) is 7.07. The molecule has 2 fully saturated rings. The second kappa shape index (κ2) is 13.7. The van der Waals surface area contributed by atoms with Gasteiger partial charge in [0.15, 0.2) is 0 Å². The van der Waals surface area contributed by atoms with Crippen LogP contribution < -0.4 is 4.74 Å². The van der Waals surface area contributed by atoms with Crippen molar-refractivity contribution >= 4 is 5.97 Å². The molecular weight excluding hydrogens is 440 g/mol. The molecule has 2 saturated carbocycles. The third-order valence-corrected chi connectivity index (χ3v) is 7.07. The van der Waals surface area contributed by atoms with E-state index in [1.54, 1.807) is 0 Å². The largest absolute Gasteiger partial charge is 0.426 e. The smallest absolute Gasteiger partial charge is 0.314 e. The Morgan fingerprint density at radius 1 is 0.941 bits per heavy atom. The first kappa shape index (κ1) is 26.6. The van der Waals surface area contributed by atoms with Crippen LogP contribution in [0.4, 0.5) is 8.78 Å². The third kappa shape index (κ3) is 8.02. The Morgan fingerprint density at radius 3 is 2.18 bits per heavy atom. The summed E-state index contributed by atoms with van der Waals surface area (Å²) in [5.41, 5.74) is -0.680. The van der Waals surface area contributed by atoms with Crippen LogP contribution in [-0.4, -0.2) is 31.4 Å². The van der Waals surface area contributed by atoms with E-state index in [-0.39, 0.29) is 17.8 Å². The predicted molar refractivity (Wildman–Crippen MR) is 124 cm³/mol. The zero-order valence-electron chi connectivity index (χ0n) is 20.2. The van der Waals surface area contributed by atoms with Crippen LogP contribution in [0, 0.1) is 34.8 Å². The maximum absolute atomic E-state index is 13.7. The van der Waals surface area contributed by atoms with E-state index < -0.39 is 23.2 Å². The average Bonchev–Trinajstić information content (AvgIpc) is 2.83. The van der Waals surface area contributed by atoms with Gasteiger partial charge in [-0.15, -0.1) is 0 Å². The monoisotopic (exact) mass is 477 g/mol. The summed E-state index contributed by atoms with van der Waals surface area (Å²) in [7, 11) is 0. The van der Waals surface area contributed by atoms with Crippen molar-refractivity contribution in [1.82, 2.24) is 0 Å². The van der Waals surface area contributed by atoms with Crippen LogP contribution in [0.2, 0.25) is 0 Å². The van der Waals surface area contributed by atoms with E-state index in [4.69, 9.17) is 19.5 Å². The van der Waals surface area contributed by atoms with Gasteiger partial charge in [-0.1, -0.05) is 26.2 Å². The second-order valence-corrected chi connectivity index (χ2v) is 9.68. The van der Waals surface area contributed by atoms with Crippen LogP contribution in [0.15, 0.2) is 12.1 Å². The van der Waals surface area contributed by atoms with Gasteiger partial charge < -0.3 is 14.2 Å². The van der Waals surface area contributed by atoms with Gasteiger partial charge >= 0.3 is 5.97 Å². The molecule has 0 N–H and O–H groups in total. The number of esters is 1. The van der Waals surface area contributed by atoms with Gasteiger partial charge in [-0.2, -0.15) is 5.26 Å². The van der Waals surface area contributed by atoms with Crippen LogP contribution >= 0.6 is 0 Å². The quantitative estimate of drug-likeness (QED) is 0.207. The number of hydrogen-bond donors (Lipinski definition) is 0. The Kier molecular flexibility index (Phi) is 10.7. The summed E-state index contributed by atoms with van der Waals surface area (Å²) in [6.45, 7) is 3.86. The second-order valence-electron chi connectivity index (χ2n) is 9.68. The lowest BCUT2D eigenvalue weighted by Crippen LogP contribution is -2.31. The van der Waals surface area contributed by atoms with Crippen molar-refractivity contribution in [3.63, 3.8) is 0 Å². The lowest BCUT2D eigenvalue weighted by Gasteiger charge is -2.31. The van der Waals surface area contributed by atoms with Gasteiger partial charge in [0.2, 0.25) is 0 Å². The minimum Gasteiger partial charge on any atom is -0.426 e. The number of ether oxygens (including phenoxy) is 3. The van der Waals surface area contributed by atoms with Gasteiger partial charge in [0, 0.05) is 25.3 Å². The molecule has 7 heteroatoms. The highest BCUT2D eigenvalue weighted by Gasteiger charge is 2.30. The molecule has 188 valence electrons. The minimum absolute atomic E-state index is 0.140. The number of unbranched alkanes of at least 4 members (excludes halogenated alkanes) is 3. The van der Waals surface area contributed by atoms with Crippen molar-refractivity contribution in [3.05, 3.63) is 29.3 Å². The molecule has 1 aromatic rings. The molecule has 0 unspecified atom stereocenters. The molecule has 0 spiro atoms. The van der Waals surface area contributed by atoms with Gasteiger partial charge in [-0.25, -0.2) is 8.78 Å². The van der Waals surface area contributed by atoms with Gasteiger partial charge in [0.1, 0.15) is 29.0 Å². The predicted octanol–water partition coefficient (Wildman–Crippen LogP) is 6.47. The molecule has 1 aromatic carbocycles. The summed E-state index contributed by atoms with van der Waals surface area (Å²) in [6.07, 6.45) is 12.8. The Bertz CT molecular complexity index is 801. The van der Waals surface area contributed by atoms with Crippen molar-refractivity contribution < 1.29 is 27.8 Å². The molecule has 0 bridgehead atoms. The number of rotatable bonds is 11. The van der Waals surface area contributed by atoms with E-state index in [0.717, 1.165) is 70.3 Å². The molecule has 3 rings (SSSR count). The Balaban J connectivity index is 1.31. The molecule has 0 atom stereocenters. The van der Waals surface area contributed by atoms with Crippen LogP contribution in [-0.2, 0) is 14.3 Å². The van der Waals surface area contributed by atoms with Gasteiger partial charge in [0.05, 0.1) is 18.1 Å². The summed E-state index contributed by atoms with van der Waals surface area (Å²) in [4.78, 5) is 12.4. The average molecular weight is 478 g/mol. The summed E-state index contributed by atoms with van der Waals surface area (Å²) in [5.74, 6) is -2.51. The SMILES string of the molecule is CCCCCCOC1CCC(COC2CCC(C(=O)Oc3cc(F)c(C#N)c(F)c3)CC2)CC1. The first-order chi connectivity index (χ1) is 16.5. The highest BCUT2D eigenvalue weighted by Crippen LogP contribution is 2.31. The summed E-state index contributed by atoms with van der Waals surface area (Å²) in [5, 5.41) is 8.74. The number of benzene rings is 1. The Labute approximate surface area is 201 Å². The van der Waals surface area contributed by atoms with E-state index in [1.165, 1.54) is 25.3 Å². The number of carbonyl (C=O) groups is 1. The molecule has 2 aliphatic rings. The van der Waals surface area contributed by atoms with Crippen molar-refractivity contribution in [2.24, 2.45) is 11.8 Å². The lowest BCUT2D eigenvalue weighted by molar-refractivity contribution is -0.141. The van der Waals surface area contributed by atoms with Crippen LogP contribution in [0.1, 0.15) is 89.5 Å². The fourth-order valence-corrected chi connectivity index (χ4v) is 4.90. The normalized spacial score (nSPS) is 25.0. The minimum atomic E-state index is -1.03. The Morgan fingerprint density at radius 2 is 1.56 bits per heavy atom. The van der Waals surface area contributed by atoms with Crippen LogP contribution in [0.5, 0.6) is 5.75 Å². The maximum atomic E-state index is 13.7. The highest BCUT2D eigenvalue weighted by molar-refractivity contribution is 5.75. The molecule has 0 aliphatic heterocycles. The molecule has 34 heavy (non-hydrogen) atoms. The molecule has 2 aliphatic carbocycles. The number of nitrogens with zero attached hydrogens (tertiary/aromatic N) is 1. The summed E-state index contributed by atoms with van der Waals surface area (Å²) in [6, 6.07) is 3.20. The van der Waals surface area contributed by atoms with E-state index in [0.29, 0.717) is 24.9 Å². The maximum Gasteiger partial charge on any atom is 0.314 e. The van der Waals surface area contributed by atoms with Gasteiger partial charge in [0.25, 0.3) is 0 Å². The molecule has 0 radical (unpaired) electrons. The summed E-state index contributed by atoms with van der Waals surface area (Å²) >= 11 is 0. The molecule has 0 amide bonds. The van der Waals surface area contributed by atoms with E-state index in [1.807, 2.05) is 0 Å². The van der Waals surface area contributed by atoms with Crippen molar-refractivity contribution in [2.45, 2.75) is 96.2 Å². The first-order valence-electron chi connectivity index (χ1n) is 12.8. The lowest BCUT2D eigenvalue weighted by atomic mass is 9.86. The fraction of sp³-hybridized carbons (Fsp3) is 0.704. The zero-order valence-corrected chi connectivity index (χ0v) is 20.2. The molecule has 5 nitrogen and oxygen atoms in total. The van der Waals surface area contributed by atoms with Crippen LogP contribution in [0.25, 0.3) is 0 Å². The number of halogens is 2. The summed E-state index contributed by atoms with van der Waals surface area (Å²) < 4.78 is 44.8. The van der Waals surface area contributed by atoms with E-state index in [9.17, 15) is 13.6 Å². The van der Waals surface area contributed by atoms with Crippen LogP contribution in [0.3, 0.4) is 0 Å². The molecular formula is C27H37F2NO4. The Hall–Kier alpha value is -2.04. The van der Waals surface area contributed by atoms with E-state index >= 15 is 0 Å². The van der Waals surface area contributed by atoms with Gasteiger partial charge in [-0.05, 0) is 63.7 Å². The molecule has 0 aromatic heterocycles. The van der Waals surface area contributed by atoms with E-state index in [2.05, 4.69) is 6.92 Å². The molecule has 0 saturated heterocycles. The highest BCUT2D eigenvalue weighted by atomic mass is 19.1. The number of nitriles is 1. The molecule has 0 heterocycles.